The molecule has 1 spiro atoms. The molecule has 1 aliphatic carbocycles. The molecule has 2 fully saturated rings. The predicted octanol–water partition coefficient (Wildman–Crippen LogP) is 3.91. The second-order valence-electron chi connectivity index (χ2n) is 5.85. The summed E-state index contributed by atoms with van der Waals surface area (Å²) in [5.41, 5.74) is 1.17. The number of hydrogen-bond acceptors (Lipinski definition) is 2. The van der Waals surface area contributed by atoms with Crippen molar-refractivity contribution in [2.24, 2.45) is 5.92 Å². The quantitative estimate of drug-likeness (QED) is 0.843. The highest BCUT2D eigenvalue weighted by atomic mass is 79.9. The van der Waals surface area contributed by atoms with Crippen LogP contribution in [0.3, 0.4) is 0 Å². The van der Waals surface area contributed by atoms with Crippen LogP contribution in [0.15, 0.2) is 28.7 Å². The van der Waals surface area contributed by atoms with Gasteiger partial charge in [-0.3, -0.25) is 4.79 Å². The summed E-state index contributed by atoms with van der Waals surface area (Å²) in [5.74, 6) is 0.584. The average molecular weight is 323 g/mol. The molecule has 2 aliphatic rings. The molecule has 0 amide bonds. The molecule has 0 N–H and O–H groups in total. The van der Waals surface area contributed by atoms with Gasteiger partial charge in [-0.15, -0.1) is 0 Å². The molecule has 102 valence electrons. The van der Waals surface area contributed by atoms with E-state index in [9.17, 15) is 4.79 Å². The summed E-state index contributed by atoms with van der Waals surface area (Å²) in [6, 6.07) is 8.05. The van der Waals surface area contributed by atoms with Gasteiger partial charge in [-0.2, -0.15) is 0 Å². The van der Waals surface area contributed by atoms with Crippen molar-refractivity contribution in [3.05, 3.63) is 34.3 Å². The lowest BCUT2D eigenvalue weighted by molar-refractivity contribution is -0.155. The van der Waals surface area contributed by atoms with Gasteiger partial charge in [-0.05, 0) is 49.8 Å². The zero-order chi connectivity index (χ0) is 13.3. The highest BCUT2D eigenvalue weighted by Gasteiger charge is 2.44. The third-order valence-corrected chi connectivity index (χ3v) is 4.97. The number of benzene rings is 1. The summed E-state index contributed by atoms with van der Waals surface area (Å²) in [6.07, 6.45) is 5.95. The van der Waals surface area contributed by atoms with E-state index >= 15 is 0 Å². The largest absolute Gasteiger partial charge is 0.375 e. The van der Waals surface area contributed by atoms with E-state index in [1.807, 2.05) is 24.3 Å². The fourth-order valence-electron chi connectivity index (χ4n) is 3.21. The van der Waals surface area contributed by atoms with Gasteiger partial charge in [0.1, 0.15) is 5.78 Å². The van der Waals surface area contributed by atoms with Gasteiger partial charge in [0, 0.05) is 23.4 Å². The molecule has 0 radical (unpaired) electrons. The summed E-state index contributed by atoms with van der Waals surface area (Å²) in [4.78, 5) is 12.4. The van der Waals surface area contributed by atoms with Crippen molar-refractivity contribution in [3.63, 3.8) is 0 Å². The molecule has 3 heteroatoms. The van der Waals surface area contributed by atoms with Gasteiger partial charge < -0.3 is 4.74 Å². The lowest BCUT2D eigenvalue weighted by Crippen LogP contribution is -2.47. The topological polar surface area (TPSA) is 26.3 Å². The van der Waals surface area contributed by atoms with E-state index in [4.69, 9.17) is 4.74 Å². The molecule has 1 aromatic carbocycles. The van der Waals surface area contributed by atoms with Crippen molar-refractivity contribution in [3.8, 4) is 0 Å². The van der Waals surface area contributed by atoms with E-state index in [2.05, 4.69) is 15.9 Å². The van der Waals surface area contributed by atoms with Crippen molar-refractivity contribution >= 4 is 21.7 Å². The second-order valence-corrected chi connectivity index (χ2v) is 6.76. The summed E-state index contributed by atoms with van der Waals surface area (Å²) in [6.45, 7) is 0.759. The first-order valence-electron chi connectivity index (χ1n) is 7.08. The normalized spacial score (nSPS) is 25.0. The van der Waals surface area contributed by atoms with Crippen molar-refractivity contribution in [1.29, 1.82) is 0 Å². The number of rotatable bonds is 3. The minimum atomic E-state index is 0.0653. The SMILES string of the molecule is O=C(Cc1cccc(Br)c1)C1CCOC2(CCC2)C1. The highest BCUT2D eigenvalue weighted by molar-refractivity contribution is 9.10. The minimum absolute atomic E-state index is 0.0653. The molecule has 1 heterocycles. The average Bonchev–Trinajstić information content (AvgIpc) is 2.37. The molecular formula is C16H19BrO2. The zero-order valence-corrected chi connectivity index (χ0v) is 12.6. The Hall–Kier alpha value is -0.670. The van der Waals surface area contributed by atoms with Crippen LogP contribution in [0, 0.1) is 5.92 Å². The van der Waals surface area contributed by atoms with Gasteiger partial charge in [0.15, 0.2) is 0 Å². The molecule has 1 saturated carbocycles. The maximum absolute atomic E-state index is 12.4. The lowest BCUT2D eigenvalue weighted by Gasteiger charge is -2.46. The monoisotopic (exact) mass is 322 g/mol. The highest BCUT2D eigenvalue weighted by Crippen LogP contribution is 2.44. The van der Waals surface area contributed by atoms with Crippen LogP contribution >= 0.6 is 15.9 Å². The van der Waals surface area contributed by atoms with E-state index in [1.165, 1.54) is 6.42 Å². The molecule has 3 rings (SSSR count). The van der Waals surface area contributed by atoms with Gasteiger partial charge in [0.05, 0.1) is 5.60 Å². The Morgan fingerprint density at radius 1 is 1.42 bits per heavy atom. The second kappa shape index (κ2) is 5.37. The van der Waals surface area contributed by atoms with Gasteiger partial charge in [0.2, 0.25) is 0 Å². The smallest absolute Gasteiger partial charge is 0.140 e. The van der Waals surface area contributed by atoms with Crippen LogP contribution in [0.25, 0.3) is 0 Å². The Morgan fingerprint density at radius 2 is 2.26 bits per heavy atom. The predicted molar refractivity (Wildman–Crippen MR) is 78.1 cm³/mol. The van der Waals surface area contributed by atoms with E-state index in [0.717, 1.165) is 42.3 Å². The molecule has 2 nitrogen and oxygen atoms in total. The molecule has 1 aliphatic heterocycles. The third kappa shape index (κ3) is 2.92. The van der Waals surface area contributed by atoms with Crippen LogP contribution in [-0.2, 0) is 16.0 Å². The van der Waals surface area contributed by atoms with Gasteiger partial charge >= 0.3 is 0 Å². The first-order chi connectivity index (χ1) is 9.17. The molecule has 1 saturated heterocycles. The number of ether oxygens (including phenoxy) is 1. The number of halogens is 1. The number of Topliss-reactive ketones (excluding diaryl/α,β-unsaturated/α-hetero) is 1. The van der Waals surface area contributed by atoms with Gasteiger partial charge in [0.25, 0.3) is 0 Å². The number of carbonyl (C=O) groups excluding carboxylic acids is 1. The first-order valence-corrected chi connectivity index (χ1v) is 7.87. The summed E-state index contributed by atoms with van der Waals surface area (Å²) in [5, 5.41) is 0. The Labute approximate surface area is 122 Å². The number of carbonyl (C=O) groups is 1. The standard InChI is InChI=1S/C16H19BrO2/c17-14-4-1-3-12(9-14)10-15(18)13-5-8-19-16(11-13)6-2-7-16/h1,3-4,9,13H,2,5-8,10-11H2. The Kier molecular flexibility index (Phi) is 3.77. The lowest BCUT2D eigenvalue weighted by atomic mass is 9.71. The zero-order valence-electron chi connectivity index (χ0n) is 11.0. The van der Waals surface area contributed by atoms with Crippen molar-refractivity contribution in [1.82, 2.24) is 0 Å². The molecule has 0 bridgehead atoms. The molecule has 1 aromatic rings. The number of hydrogen-bond donors (Lipinski definition) is 0. The van der Waals surface area contributed by atoms with Crippen LogP contribution in [0.5, 0.6) is 0 Å². The van der Waals surface area contributed by atoms with Crippen molar-refractivity contribution in [2.75, 3.05) is 6.61 Å². The molecular weight excluding hydrogens is 304 g/mol. The Bertz CT molecular complexity index is 479. The van der Waals surface area contributed by atoms with E-state index < -0.39 is 0 Å². The molecule has 0 aromatic heterocycles. The van der Waals surface area contributed by atoms with E-state index in [-0.39, 0.29) is 11.5 Å². The third-order valence-electron chi connectivity index (χ3n) is 4.48. The van der Waals surface area contributed by atoms with Crippen LogP contribution < -0.4 is 0 Å². The Balaban J connectivity index is 1.63. The van der Waals surface area contributed by atoms with Crippen LogP contribution in [0.4, 0.5) is 0 Å². The van der Waals surface area contributed by atoms with Crippen molar-refractivity contribution in [2.45, 2.75) is 44.1 Å². The van der Waals surface area contributed by atoms with Gasteiger partial charge in [-0.1, -0.05) is 28.1 Å². The molecule has 1 atom stereocenters. The molecule has 19 heavy (non-hydrogen) atoms. The summed E-state index contributed by atoms with van der Waals surface area (Å²) in [7, 11) is 0. The minimum Gasteiger partial charge on any atom is -0.375 e. The first kappa shape index (κ1) is 13.3. The van der Waals surface area contributed by atoms with E-state index in [0.29, 0.717) is 12.2 Å². The number of ketones is 1. The fraction of sp³-hybridized carbons (Fsp3) is 0.562. The van der Waals surface area contributed by atoms with Crippen LogP contribution in [0.1, 0.15) is 37.7 Å². The van der Waals surface area contributed by atoms with Gasteiger partial charge in [-0.25, -0.2) is 0 Å². The molecule has 1 unspecified atom stereocenters. The van der Waals surface area contributed by atoms with Crippen LogP contribution in [-0.4, -0.2) is 18.0 Å². The van der Waals surface area contributed by atoms with Crippen LogP contribution in [0.2, 0.25) is 0 Å². The fourth-order valence-corrected chi connectivity index (χ4v) is 3.66. The Morgan fingerprint density at radius 3 is 2.95 bits per heavy atom. The summed E-state index contributed by atoms with van der Waals surface area (Å²) >= 11 is 3.46. The van der Waals surface area contributed by atoms with E-state index in [1.54, 1.807) is 0 Å². The maximum atomic E-state index is 12.4. The van der Waals surface area contributed by atoms with Crippen molar-refractivity contribution < 1.29 is 9.53 Å². The maximum Gasteiger partial charge on any atom is 0.140 e. The summed E-state index contributed by atoms with van der Waals surface area (Å²) < 4.78 is 6.93.